The number of nitrogens with zero attached hydrogens (tertiary/aromatic N) is 1. The summed E-state index contributed by atoms with van der Waals surface area (Å²) in [5.74, 6) is 0. The van der Waals surface area contributed by atoms with Crippen molar-refractivity contribution in [3.63, 3.8) is 0 Å². The molecule has 0 atom stereocenters. The predicted octanol–water partition coefficient (Wildman–Crippen LogP) is 3.41. The highest BCUT2D eigenvalue weighted by Gasteiger charge is 2.00. The van der Waals surface area contributed by atoms with Crippen LogP contribution in [0.3, 0.4) is 0 Å². The highest BCUT2D eigenvalue weighted by molar-refractivity contribution is 5.33. The monoisotopic (exact) mass is 250 g/mol. The van der Waals surface area contributed by atoms with Crippen LogP contribution in [0.5, 0.6) is 0 Å². The molecule has 0 saturated heterocycles. The highest BCUT2D eigenvalue weighted by Crippen LogP contribution is 2.10. The van der Waals surface area contributed by atoms with Crippen LogP contribution in [0.25, 0.3) is 0 Å². The molecule has 2 nitrogen and oxygen atoms in total. The Morgan fingerprint density at radius 2 is 1.79 bits per heavy atom. The second-order valence-corrected chi connectivity index (χ2v) is 4.54. The molecule has 0 spiro atoms. The topological polar surface area (TPSA) is 35.8 Å². The lowest BCUT2D eigenvalue weighted by Gasteiger charge is -2.09. The molecule has 0 radical (unpaired) electrons. The third kappa shape index (κ3) is 3.67. The van der Waals surface area contributed by atoms with E-state index in [-0.39, 0.29) is 0 Å². The second-order valence-electron chi connectivity index (χ2n) is 4.54. The molecule has 1 N–H and O–H groups in total. The fraction of sp³-hybridized carbons (Fsp3) is 0.235. The minimum Gasteiger partial charge on any atom is -0.309 e. The minimum absolute atomic E-state index is 0.716. The van der Waals surface area contributed by atoms with Crippen LogP contribution < -0.4 is 5.32 Å². The van der Waals surface area contributed by atoms with Gasteiger partial charge in [-0.15, -0.1) is 0 Å². The lowest BCUT2D eigenvalue weighted by atomic mass is 10.1. The lowest BCUT2D eigenvalue weighted by molar-refractivity contribution is 0.688. The molecular weight excluding hydrogens is 232 g/mol. The molecule has 0 heterocycles. The normalized spacial score (nSPS) is 10.1. The second kappa shape index (κ2) is 6.72. The standard InChI is InChI=1S/C17H18N2/c1-2-16-8-3-4-9-17(16)13-19-12-15-7-5-6-14(10-15)11-18/h3-10,19H,2,12-13H2,1H3. The maximum Gasteiger partial charge on any atom is 0.0991 e. The van der Waals surface area contributed by atoms with Crippen molar-refractivity contribution in [1.29, 1.82) is 5.26 Å². The van der Waals surface area contributed by atoms with Crippen LogP contribution in [-0.4, -0.2) is 0 Å². The van der Waals surface area contributed by atoms with Gasteiger partial charge in [-0.05, 0) is 35.2 Å². The average Bonchev–Trinajstić information content (AvgIpc) is 2.48. The molecule has 0 amide bonds. The van der Waals surface area contributed by atoms with E-state index in [0.29, 0.717) is 5.56 Å². The molecule has 0 aliphatic heterocycles. The fourth-order valence-electron chi connectivity index (χ4n) is 2.17. The van der Waals surface area contributed by atoms with Crippen molar-refractivity contribution < 1.29 is 0 Å². The van der Waals surface area contributed by atoms with E-state index in [1.807, 2.05) is 24.3 Å². The Hall–Kier alpha value is -2.11. The summed E-state index contributed by atoms with van der Waals surface area (Å²) in [6.45, 7) is 3.82. The van der Waals surface area contributed by atoms with E-state index in [2.05, 4.69) is 42.6 Å². The molecule has 2 aromatic rings. The number of hydrogen-bond donors (Lipinski definition) is 1. The maximum absolute atomic E-state index is 8.86. The van der Waals surface area contributed by atoms with Crippen molar-refractivity contribution in [2.75, 3.05) is 0 Å². The van der Waals surface area contributed by atoms with Gasteiger partial charge in [0.15, 0.2) is 0 Å². The molecule has 19 heavy (non-hydrogen) atoms. The highest BCUT2D eigenvalue weighted by atomic mass is 14.8. The molecule has 2 aromatic carbocycles. The van der Waals surface area contributed by atoms with E-state index in [0.717, 1.165) is 25.1 Å². The van der Waals surface area contributed by atoms with Crippen LogP contribution in [0, 0.1) is 11.3 Å². The van der Waals surface area contributed by atoms with Crippen molar-refractivity contribution in [2.45, 2.75) is 26.4 Å². The molecule has 96 valence electrons. The summed E-state index contributed by atoms with van der Waals surface area (Å²) in [5.41, 5.74) is 4.60. The molecular formula is C17H18N2. The largest absolute Gasteiger partial charge is 0.309 e. The van der Waals surface area contributed by atoms with Crippen LogP contribution in [0.4, 0.5) is 0 Å². The lowest BCUT2D eigenvalue weighted by Crippen LogP contribution is -2.13. The Balaban J connectivity index is 1.94. The van der Waals surface area contributed by atoms with Gasteiger partial charge in [0.05, 0.1) is 11.6 Å². The zero-order chi connectivity index (χ0) is 13.5. The van der Waals surface area contributed by atoms with E-state index in [1.165, 1.54) is 11.1 Å². The van der Waals surface area contributed by atoms with Gasteiger partial charge in [0.2, 0.25) is 0 Å². The van der Waals surface area contributed by atoms with Crippen molar-refractivity contribution in [3.8, 4) is 6.07 Å². The van der Waals surface area contributed by atoms with Gasteiger partial charge in [-0.1, -0.05) is 43.3 Å². The van der Waals surface area contributed by atoms with Gasteiger partial charge in [0, 0.05) is 13.1 Å². The molecule has 0 aliphatic rings. The molecule has 0 unspecified atom stereocenters. The molecule has 0 aliphatic carbocycles. The summed E-state index contributed by atoms with van der Waals surface area (Å²) < 4.78 is 0. The Labute approximate surface area is 114 Å². The van der Waals surface area contributed by atoms with E-state index in [4.69, 9.17) is 5.26 Å². The zero-order valence-corrected chi connectivity index (χ0v) is 11.2. The molecule has 0 aromatic heterocycles. The Morgan fingerprint density at radius 3 is 2.53 bits per heavy atom. The number of rotatable bonds is 5. The zero-order valence-electron chi connectivity index (χ0n) is 11.2. The molecule has 0 fully saturated rings. The minimum atomic E-state index is 0.716. The van der Waals surface area contributed by atoms with Gasteiger partial charge in [0.1, 0.15) is 0 Å². The Morgan fingerprint density at radius 1 is 1.00 bits per heavy atom. The summed E-state index contributed by atoms with van der Waals surface area (Å²) in [7, 11) is 0. The first-order valence-electron chi connectivity index (χ1n) is 6.60. The number of hydrogen-bond acceptors (Lipinski definition) is 2. The maximum atomic E-state index is 8.86. The molecule has 2 rings (SSSR count). The van der Waals surface area contributed by atoms with E-state index >= 15 is 0 Å². The van der Waals surface area contributed by atoms with E-state index in [9.17, 15) is 0 Å². The fourth-order valence-corrected chi connectivity index (χ4v) is 2.17. The van der Waals surface area contributed by atoms with Gasteiger partial charge in [-0.25, -0.2) is 0 Å². The first-order valence-corrected chi connectivity index (χ1v) is 6.60. The van der Waals surface area contributed by atoms with Crippen molar-refractivity contribution in [2.24, 2.45) is 0 Å². The van der Waals surface area contributed by atoms with Crippen molar-refractivity contribution >= 4 is 0 Å². The first-order chi connectivity index (χ1) is 9.33. The van der Waals surface area contributed by atoms with Crippen molar-refractivity contribution in [1.82, 2.24) is 5.32 Å². The molecule has 0 bridgehead atoms. The van der Waals surface area contributed by atoms with E-state index in [1.54, 1.807) is 0 Å². The summed E-state index contributed by atoms with van der Waals surface area (Å²) in [6.07, 6.45) is 1.06. The quantitative estimate of drug-likeness (QED) is 0.882. The van der Waals surface area contributed by atoms with Gasteiger partial charge in [-0.2, -0.15) is 5.26 Å². The average molecular weight is 250 g/mol. The van der Waals surface area contributed by atoms with Crippen LogP contribution >= 0.6 is 0 Å². The number of nitrogens with one attached hydrogen (secondary N) is 1. The van der Waals surface area contributed by atoms with Crippen LogP contribution in [0.1, 0.15) is 29.2 Å². The van der Waals surface area contributed by atoms with Gasteiger partial charge in [0.25, 0.3) is 0 Å². The van der Waals surface area contributed by atoms with Crippen LogP contribution in [0.15, 0.2) is 48.5 Å². The third-order valence-corrected chi connectivity index (χ3v) is 3.20. The Bertz CT molecular complexity index is 582. The first kappa shape index (κ1) is 13.3. The summed E-state index contributed by atoms with van der Waals surface area (Å²) in [4.78, 5) is 0. The SMILES string of the molecule is CCc1ccccc1CNCc1cccc(C#N)c1. The van der Waals surface area contributed by atoms with Gasteiger partial charge >= 0.3 is 0 Å². The van der Waals surface area contributed by atoms with Crippen molar-refractivity contribution in [3.05, 3.63) is 70.8 Å². The predicted molar refractivity (Wildman–Crippen MR) is 77.5 cm³/mol. The number of nitriles is 1. The number of aryl methyl sites for hydroxylation is 1. The van der Waals surface area contributed by atoms with Gasteiger partial charge < -0.3 is 5.32 Å². The van der Waals surface area contributed by atoms with Gasteiger partial charge in [-0.3, -0.25) is 0 Å². The molecule has 0 saturated carbocycles. The van der Waals surface area contributed by atoms with Crippen LogP contribution in [0.2, 0.25) is 0 Å². The third-order valence-electron chi connectivity index (χ3n) is 3.20. The summed E-state index contributed by atoms with van der Waals surface area (Å²) >= 11 is 0. The smallest absolute Gasteiger partial charge is 0.0991 e. The Kier molecular flexibility index (Phi) is 4.72. The van der Waals surface area contributed by atoms with Crippen LogP contribution in [-0.2, 0) is 19.5 Å². The van der Waals surface area contributed by atoms with E-state index < -0.39 is 0 Å². The summed E-state index contributed by atoms with van der Waals surface area (Å²) in [6, 6.07) is 18.4. The molecule has 2 heteroatoms. The summed E-state index contributed by atoms with van der Waals surface area (Å²) in [5, 5.41) is 12.3. The number of benzene rings is 2.